The van der Waals surface area contributed by atoms with E-state index in [0.717, 1.165) is 44.9 Å². The van der Waals surface area contributed by atoms with Gasteiger partial charge in [-0.3, -0.25) is 9.59 Å². The van der Waals surface area contributed by atoms with Crippen LogP contribution in [0.25, 0.3) is 0 Å². The summed E-state index contributed by atoms with van der Waals surface area (Å²) in [6.45, 7) is 6.38. The molecule has 0 amide bonds. The van der Waals surface area contributed by atoms with E-state index in [-0.39, 0.29) is 22.7 Å². The van der Waals surface area contributed by atoms with E-state index >= 15 is 0 Å². The molecule has 4 nitrogen and oxygen atoms in total. The van der Waals surface area contributed by atoms with Gasteiger partial charge in [0.2, 0.25) is 0 Å². The van der Waals surface area contributed by atoms with Gasteiger partial charge in [0.25, 0.3) is 0 Å². The second-order valence-electron chi connectivity index (χ2n) is 9.95. The number of carboxylic acid groups (broad SMARTS) is 1. The van der Waals surface area contributed by atoms with Crippen LogP contribution in [0, 0.1) is 34.0 Å². The summed E-state index contributed by atoms with van der Waals surface area (Å²) in [6.07, 6.45) is 10.9. The highest BCUT2D eigenvalue weighted by Gasteiger charge is 2.63. The largest absolute Gasteiger partial charge is 0.481 e. The third-order valence-electron chi connectivity index (χ3n) is 8.62. The van der Waals surface area contributed by atoms with Crippen LogP contribution in [0.1, 0.15) is 72.1 Å². The van der Waals surface area contributed by atoms with Crippen molar-refractivity contribution in [1.29, 1.82) is 0 Å². The molecule has 0 aliphatic heterocycles. The van der Waals surface area contributed by atoms with Gasteiger partial charge in [-0.25, -0.2) is 0 Å². The maximum atomic E-state index is 12.1. The molecule has 4 heteroatoms. The molecule has 4 aliphatic rings. The molecule has 1 N–H and O–H groups in total. The predicted molar refractivity (Wildman–Crippen MR) is 98.4 cm³/mol. The zero-order chi connectivity index (χ0) is 18.7. The molecule has 4 rings (SSSR count). The lowest BCUT2D eigenvalue weighted by atomic mass is 9.44. The van der Waals surface area contributed by atoms with Gasteiger partial charge in [0.05, 0.1) is 12.0 Å². The van der Waals surface area contributed by atoms with Crippen molar-refractivity contribution in [2.24, 2.45) is 34.0 Å². The third-order valence-corrected chi connectivity index (χ3v) is 8.62. The number of hydrogen-bond acceptors (Lipinski definition) is 3. The van der Waals surface area contributed by atoms with Gasteiger partial charge >= 0.3 is 11.9 Å². The van der Waals surface area contributed by atoms with E-state index in [4.69, 9.17) is 4.74 Å². The highest BCUT2D eigenvalue weighted by Crippen LogP contribution is 2.70. The predicted octanol–water partition coefficient (Wildman–Crippen LogP) is 4.58. The Kier molecular flexibility index (Phi) is 4.06. The summed E-state index contributed by atoms with van der Waals surface area (Å²) in [7, 11) is 0. The summed E-state index contributed by atoms with van der Waals surface area (Å²) in [6, 6.07) is 0. The highest BCUT2D eigenvalue weighted by molar-refractivity contribution is 5.75. The van der Waals surface area contributed by atoms with Crippen LogP contribution in [0.15, 0.2) is 11.6 Å². The molecule has 4 aliphatic carbocycles. The first-order valence-corrected chi connectivity index (χ1v) is 10.3. The Hall–Kier alpha value is -1.32. The molecule has 0 aromatic heterocycles. The number of esters is 1. The van der Waals surface area contributed by atoms with Crippen molar-refractivity contribution < 1.29 is 19.4 Å². The Balaban J connectivity index is 1.64. The fourth-order valence-corrected chi connectivity index (χ4v) is 7.51. The first kappa shape index (κ1) is 18.1. The van der Waals surface area contributed by atoms with Gasteiger partial charge in [0.15, 0.2) is 0 Å². The number of rotatable bonds is 3. The fraction of sp³-hybridized carbons (Fsp3) is 0.818. The maximum Gasteiger partial charge on any atom is 0.309 e. The summed E-state index contributed by atoms with van der Waals surface area (Å²) in [5, 5.41) is 9.97. The number of allylic oxidation sites excluding steroid dienone is 2. The van der Waals surface area contributed by atoms with E-state index in [0.29, 0.717) is 18.4 Å². The minimum atomic E-state index is -0.613. The van der Waals surface area contributed by atoms with Crippen molar-refractivity contribution in [3.05, 3.63) is 11.6 Å². The molecule has 3 saturated carbocycles. The molecule has 3 fully saturated rings. The van der Waals surface area contributed by atoms with E-state index in [1.54, 1.807) is 5.57 Å². The number of carbonyl (C=O) groups excluding carboxylic acids is 1. The van der Waals surface area contributed by atoms with Crippen LogP contribution in [-0.4, -0.2) is 23.7 Å². The second kappa shape index (κ2) is 5.84. The Morgan fingerprint density at radius 2 is 2.00 bits per heavy atom. The van der Waals surface area contributed by atoms with Gasteiger partial charge in [-0.2, -0.15) is 0 Å². The van der Waals surface area contributed by atoms with Gasteiger partial charge < -0.3 is 9.84 Å². The van der Waals surface area contributed by atoms with Crippen molar-refractivity contribution in [1.82, 2.24) is 0 Å². The fourth-order valence-electron chi connectivity index (χ4n) is 7.51. The Labute approximate surface area is 156 Å². The lowest BCUT2D eigenvalue weighted by Crippen LogP contribution is -2.54. The van der Waals surface area contributed by atoms with Crippen molar-refractivity contribution in [2.45, 2.75) is 72.1 Å². The summed E-state index contributed by atoms with van der Waals surface area (Å²) in [5.41, 5.74) is 1.22. The molecule has 0 aromatic carbocycles. The zero-order valence-corrected chi connectivity index (χ0v) is 16.3. The standard InChI is InChI=1S/C22H32O4/c1-14(23)26-13-16-12-22-10-7-17-20(2,18(22)6-5-15(16)11-22)8-4-9-21(17,3)19(24)25/h6,15-17H,4-5,7-13H2,1-3H3,(H,24,25)/t15-,16+,17+,20-,21-,22+/m1/s1. The smallest absolute Gasteiger partial charge is 0.309 e. The molecule has 2 bridgehead atoms. The van der Waals surface area contributed by atoms with E-state index in [1.165, 1.54) is 13.3 Å². The molecule has 0 unspecified atom stereocenters. The minimum absolute atomic E-state index is 0.0188. The maximum absolute atomic E-state index is 12.1. The summed E-state index contributed by atoms with van der Waals surface area (Å²) in [4.78, 5) is 23.4. The van der Waals surface area contributed by atoms with Crippen LogP contribution >= 0.6 is 0 Å². The topological polar surface area (TPSA) is 63.6 Å². The molecule has 0 saturated heterocycles. The van der Waals surface area contributed by atoms with E-state index in [2.05, 4.69) is 13.0 Å². The Morgan fingerprint density at radius 1 is 1.23 bits per heavy atom. The summed E-state index contributed by atoms with van der Waals surface area (Å²) < 4.78 is 5.37. The Morgan fingerprint density at radius 3 is 2.69 bits per heavy atom. The normalized spacial score (nSPS) is 46.7. The molecule has 144 valence electrons. The number of carboxylic acids is 1. The van der Waals surface area contributed by atoms with Crippen LogP contribution in [0.3, 0.4) is 0 Å². The monoisotopic (exact) mass is 360 g/mol. The highest BCUT2D eigenvalue weighted by atomic mass is 16.5. The zero-order valence-electron chi connectivity index (χ0n) is 16.3. The van der Waals surface area contributed by atoms with Crippen LogP contribution in [0.5, 0.6) is 0 Å². The van der Waals surface area contributed by atoms with Gasteiger partial charge in [0, 0.05) is 6.92 Å². The number of carbonyl (C=O) groups is 2. The molecule has 0 radical (unpaired) electrons. The summed E-state index contributed by atoms with van der Waals surface area (Å²) >= 11 is 0. The SMILES string of the molecule is CC(=O)OC[C@@H]1C[C@@]23CC[C@@H]4[C@](C)(C(=O)O)CCC[C@@]4(C)C2=CC[C@@H]1C3. The minimum Gasteiger partial charge on any atom is -0.481 e. The lowest BCUT2D eigenvalue weighted by molar-refractivity contribution is -0.161. The molecular weight excluding hydrogens is 328 g/mol. The first-order valence-electron chi connectivity index (χ1n) is 10.3. The second-order valence-corrected chi connectivity index (χ2v) is 9.95. The van der Waals surface area contributed by atoms with Crippen molar-refractivity contribution in [3.63, 3.8) is 0 Å². The third kappa shape index (κ3) is 2.40. The van der Waals surface area contributed by atoms with Crippen molar-refractivity contribution in [3.8, 4) is 0 Å². The number of hydrogen-bond donors (Lipinski definition) is 1. The van der Waals surface area contributed by atoms with Crippen molar-refractivity contribution >= 4 is 11.9 Å². The summed E-state index contributed by atoms with van der Waals surface area (Å²) in [5.74, 6) is 0.521. The van der Waals surface area contributed by atoms with Crippen molar-refractivity contribution in [2.75, 3.05) is 6.61 Å². The number of aliphatic carboxylic acids is 1. The average Bonchev–Trinajstić information content (AvgIpc) is 2.82. The van der Waals surface area contributed by atoms with Gasteiger partial charge in [0.1, 0.15) is 0 Å². The van der Waals surface area contributed by atoms with Gasteiger partial charge in [-0.05, 0) is 80.5 Å². The number of fused-ring (bicyclic) bond motifs is 3. The van der Waals surface area contributed by atoms with Crippen LogP contribution in [0.2, 0.25) is 0 Å². The van der Waals surface area contributed by atoms with Gasteiger partial charge in [-0.15, -0.1) is 0 Å². The lowest BCUT2D eigenvalue weighted by Gasteiger charge is -2.60. The van der Waals surface area contributed by atoms with Crippen LogP contribution in [0.4, 0.5) is 0 Å². The molecular formula is C22H32O4. The van der Waals surface area contributed by atoms with Gasteiger partial charge in [-0.1, -0.05) is 25.0 Å². The molecule has 0 heterocycles. The van der Waals surface area contributed by atoms with E-state index in [9.17, 15) is 14.7 Å². The Bertz CT molecular complexity index is 667. The average molecular weight is 360 g/mol. The first-order chi connectivity index (χ1) is 12.2. The van der Waals surface area contributed by atoms with Crippen LogP contribution < -0.4 is 0 Å². The molecule has 1 spiro atoms. The molecule has 0 aromatic rings. The van der Waals surface area contributed by atoms with E-state index < -0.39 is 11.4 Å². The van der Waals surface area contributed by atoms with Crippen LogP contribution in [-0.2, 0) is 14.3 Å². The molecule has 26 heavy (non-hydrogen) atoms. The number of ether oxygens (including phenoxy) is 1. The molecule has 6 atom stereocenters. The van der Waals surface area contributed by atoms with E-state index in [1.807, 2.05) is 6.92 Å². The quantitative estimate of drug-likeness (QED) is 0.591.